The lowest BCUT2D eigenvalue weighted by Crippen LogP contribution is -2.33. The first-order valence-electron chi connectivity index (χ1n) is 13.8. The van der Waals surface area contributed by atoms with Crippen LogP contribution in [-0.4, -0.2) is 34.6 Å². The summed E-state index contributed by atoms with van der Waals surface area (Å²) < 4.78 is 20.7. The van der Waals surface area contributed by atoms with Gasteiger partial charge in [0.25, 0.3) is 0 Å². The van der Waals surface area contributed by atoms with E-state index in [1.54, 1.807) is 18.2 Å². The Morgan fingerprint density at radius 2 is 1.64 bits per heavy atom. The second kappa shape index (κ2) is 11.1. The third-order valence-electron chi connectivity index (χ3n) is 7.94. The van der Waals surface area contributed by atoms with E-state index in [1.165, 1.54) is 35.9 Å². The van der Waals surface area contributed by atoms with Crippen molar-refractivity contribution < 1.29 is 23.5 Å². The number of carbonyl (C=O) groups excluding carboxylic acids is 3. The molecular weight excluding hydrogens is 602 g/mol. The van der Waals surface area contributed by atoms with Gasteiger partial charge in [-0.25, -0.2) is 9.29 Å². The molecule has 2 aliphatic rings. The van der Waals surface area contributed by atoms with Gasteiger partial charge in [-0.15, -0.1) is 0 Å². The van der Waals surface area contributed by atoms with Gasteiger partial charge in [-0.1, -0.05) is 71.6 Å². The molecule has 1 N–H and O–H groups in total. The monoisotopic (exact) mass is 625 g/mol. The van der Waals surface area contributed by atoms with Crippen LogP contribution in [0, 0.1) is 11.7 Å². The minimum atomic E-state index is -0.876. The summed E-state index contributed by atoms with van der Waals surface area (Å²) in [4.78, 5) is 55.9. The number of thiazole rings is 1. The summed E-state index contributed by atoms with van der Waals surface area (Å²) in [6, 6.07) is 25.7. The topological polar surface area (TPSA) is 97.7 Å². The van der Waals surface area contributed by atoms with Crippen LogP contribution in [0.1, 0.15) is 16.4 Å². The molecule has 3 amide bonds. The molecule has 0 aliphatic carbocycles. The molecule has 3 heterocycles. The summed E-state index contributed by atoms with van der Waals surface area (Å²) in [5.74, 6) is -2.82. The maximum Gasteiger partial charge on any atom is 0.308 e. The second-order valence-electron chi connectivity index (χ2n) is 10.5. The molecule has 4 aromatic carbocycles. The van der Waals surface area contributed by atoms with Crippen molar-refractivity contribution in [3.63, 3.8) is 0 Å². The number of ether oxygens (including phenoxy) is 1. The summed E-state index contributed by atoms with van der Waals surface area (Å²) >= 11 is 2.08. The molecule has 0 spiro atoms. The number of amides is 3. The minimum Gasteiger partial charge on any atom is -0.496 e. The number of nitrogens with zero attached hydrogens (tertiary/aromatic N) is 2. The standard InChI is InChI=1S/C33H24FN3O5S2/c1-42-24-9-5-4-8-23(24)26-27-28(31(40)37(30(27)39)22-14-11-20(34)12-15-22)43-32-29(26)44-33(41)36(32)17-25(38)35-21-13-10-18-6-2-3-7-19(18)16-21/h2-16,26-28H,17H2,1H3,(H,35,38)/t26-,27-,28+/m0/s1. The third kappa shape index (κ3) is 4.68. The molecule has 0 unspecified atom stereocenters. The minimum absolute atomic E-state index is 0.269. The molecule has 2 aliphatic heterocycles. The normalized spacial score (nSPS) is 19.1. The lowest BCUT2D eigenvalue weighted by Gasteiger charge is -2.31. The quantitative estimate of drug-likeness (QED) is 0.245. The number of nitrogens with one attached hydrogen (secondary N) is 1. The predicted molar refractivity (Wildman–Crippen MR) is 168 cm³/mol. The fourth-order valence-electron chi connectivity index (χ4n) is 5.97. The average Bonchev–Trinajstić information content (AvgIpc) is 3.47. The average molecular weight is 626 g/mol. The van der Waals surface area contributed by atoms with Crippen molar-refractivity contribution >= 4 is 63.0 Å². The molecule has 0 saturated carbocycles. The van der Waals surface area contributed by atoms with E-state index in [0.717, 1.165) is 38.8 Å². The lowest BCUT2D eigenvalue weighted by atomic mass is 9.82. The van der Waals surface area contributed by atoms with E-state index < -0.39 is 40.6 Å². The molecular formula is C33H24FN3O5S2. The van der Waals surface area contributed by atoms with Gasteiger partial charge in [-0.2, -0.15) is 0 Å². The van der Waals surface area contributed by atoms with Crippen LogP contribution >= 0.6 is 23.1 Å². The Bertz CT molecular complexity index is 2020. The maximum atomic E-state index is 14.0. The van der Waals surface area contributed by atoms with E-state index >= 15 is 0 Å². The number of rotatable bonds is 6. The number of carbonyl (C=O) groups is 3. The number of thioether (sulfide) groups is 1. The summed E-state index contributed by atoms with van der Waals surface area (Å²) in [6.45, 7) is -0.273. The first-order chi connectivity index (χ1) is 21.3. The van der Waals surface area contributed by atoms with Crippen LogP contribution in [0.3, 0.4) is 0 Å². The smallest absolute Gasteiger partial charge is 0.308 e. The van der Waals surface area contributed by atoms with Gasteiger partial charge in [0.05, 0.1) is 23.7 Å². The molecule has 5 aromatic rings. The zero-order valence-electron chi connectivity index (χ0n) is 23.2. The highest BCUT2D eigenvalue weighted by atomic mass is 32.2. The van der Waals surface area contributed by atoms with Crippen LogP contribution < -0.4 is 19.8 Å². The van der Waals surface area contributed by atoms with Crippen molar-refractivity contribution in [3.05, 3.63) is 117 Å². The largest absolute Gasteiger partial charge is 0.496 e. The zero-order chi connectivity index (χ0) is 30.5. The summed E-state index contributed by atoms with van der Waals surface area (Å²) in [6.07, 6.45) is 0. The number of halogens is 1. The van der Waals surface area contributed by atoms with Crippen LogP contribution in [-0.2, 0) is 20.9 Å². The first-order valence-corrected chi connectivity index (χ1v) is 15.5. The van der Waals surface area contributed by atoms with Crippen molar-refractivity contribution in [1.29, 1.82) is 0 Å². The molecule has 44 heavy (non-hydrogen) atoms. The number of benzene rings is 4. The fraction of sp³-hybridized carbons (Fsp3) is 0.152. The van der Waals surface area contributed by atoms with Gasteiger partial charge in [0.1, 0.15) is 23.4 Å². The van der Waals surface area contributed by atoms with Gasteiger partial charge < -0.3 is 10.1 Å². The van der Waals surface area contributed by atoms with Crippen molar-refractivity contribution in [1.82, 2.24) is 4.57 Å². The van der Waals surface area contributed by atoms with Crippen LogP contribution in [0.15, 0.2) is 101 Å². The SMILES string of the molecule is COc1ccccc1[C@@H]1c2sc(=O)n(CC(=O)Nc3ccc4ccccc4c3)c2S[C@H]2C(=O)N(c3ccc(F)cc3)C(=O)[C@@H]12. The zero-order valence-corrected chi connectivity index (χ0v) is 24.9. The van der Waals surface area contributed by atoms with E-state index in [-0.39, 0.29) is 17.1 Å². The van der Waals surface area contributed by atoms with Crippen LogP contribution in [0.5, 0.6) is 5.75 Å². The number of hydrogen-bond donors (Lipinski definition) is 1. The summed E-state index contributed by atoms with van der Waals surface area (Å²) in [5, 5.41) is 4.47. The van der Waals surface area contributed by atoms with Gasteiger partial charge in [0.15, 0.2) is 0 Å². The Balaban J connectivity index is 1.28. The molecule has 1 fully saturated rings. The van der Waals surface area contributed by atoms with Gasteiger partial charge in [-0.05, 0) is 53.2 Å². The highest BCUT2D eigenvalue weighted by Crippen LogP contribution is 2.55. The van der Waals surface area contributed by atoms with Crippen LogP contribution in [0.25, 0.3) is 10.8 Å². The number of aromatic nitrogens is 1. The molecule has 0 bridgehead atoms. The van der Waals surface area contributed by atoms with Crippen LogP contribution in [0.4, 0.5) is 15.8 Å². The van der Waals surface area contributed by atoms with Gasteiger partial charge in [0, 0.05) is 22.0 Å². The second-order valence-corrected chi connectivity index (χ2v) is 12.6. The summed E-state index contributed by atoms with van der Waals surface area (Å²) in [5.41, 5.74) is 1.52. The molecule has 7 rings (SSSR count). The molecule has 3 atom stereocenters. The number of para-hydroxylation sites is 1. The molecule has 11 heteroatoms. The maximum absolute atomic E-state index is 14.0. The summed E-state index contributed by atoms with van der Waals surface area (Å²) in [7, 11) is 1.52. The molecule has 220 valence electrons. The molecule has 1 saturated heterocycles. The number of hydrogen-bond acceptors (Lipinski definition) is 7. The lowest BCUT2D eigenvalue weighted by molar-refractivity contribution is -0.122. The van der Waals surface area contributed by atoms with Crippen molar-refractivity contribution in [2.75, 3.05) is 17.3 Å². The van der Waals surface area contributed by atoms with E-state index in [1.807, 2.05) is 48.5 Å². The Hall–Kier alpha value is -4.74. The van der Waals surface area contributed by atoms with Gasteiger partial charge in [-0.3, -0.25) is 23.7 Å². The van der Waals surface area contributed by atoms with Gasteiger partial charge >= 0.3 is 4.87 Å². The Labute approximate surface area is 259 Å². The first kappa shape index (κ1) is 28.1. The molecule has 8 nitrogen and oxygen atoms in total. The van der Waals surface area contributed by atoms with Crippen molar-refractivity contribution in [2.45, 2.75) is 22.7 Å². The van der Waals surface area contributed by atoms with E-state index in [4.69, 9.17) is 4.74 Å². The van der Waals surface area contributed by atoms with Crippen molar-refractivity contribution in [2.24, 2.45) is 5.92 Å². The Morgan fingerprint density at radius 3 is 2.41 bits per heavy atom. The Morgan fingerprint density at radius 1 is 0.909 bits per heavy atom. The Kier molecular flexibility index (Phi) is 7.06. The van der Waals surface area contributed by atoms with E-state index in [2.05, 4.69) is 5.32 Å². The van der Waals surface area contributed by atoms with E-state index in [0.29, 0.717) is 26.9 Å². The number of imide groups is 1. The number of methoxy groups -OCH3 is 1. The highest BCUT2D eigenvalue weighted by Gasteiger charge is 2.57. The van der Waals surface area contributed by atoms with Gasteiger partial charge in [0.2, 0.25) is 17.7 Å². The van der Waals surface area contributed by atoms with Crippen molar-refractivity contribution in [3.8, 4) is 5.75 Å². The van der Waals surface area contributed by atoms with Crippen LogP contribution in [0.2, 0.25) is 0 Å². The third-order valence-corrected chi connectivity index (χ3v) is 10.5. The molecule has 0 radical (unpaired) electrons. The number of anilines is 2. The van der Waals surface area contributed by atoms with E-state index in [9.17, 15) is 23.6 Å². The fourth-order valence-corrected chi connectivity index (χ4v) is 8.73. The highest BCUT2D eigenvalue weighted by molar-refractivity contribution is 8.00. The molecule has 1 aromatic heterocycles. The predicted octanol–water partition coefficient (Wildman–Crippen LogP) is 5.65. The number of fused-ring (bicyclic) bond motifs is 3.